The molecule has 2 rings (SSSR count). The molecule has 150 valence electrons. The first kappa shape index (κ1) is 21.4. The van der Waals surface area contributed by atoms with Gasteiger partial charge in [0, 0.05) is 0 Å². The second-order valence-electron chi connectivity index (χ2n) is 5.30. The van der Waals surface area contributed by atoms with Crippen LogP contribution in [0.15, 0.2) is 60.7 Å². The number of alkyl carbamates (subject to hydrolysis) is 2. The Morgan fingerprint density at radius 2 is 1.11 bits per heavy atom. The van der Waals surface area contributed by atoms with Crippen molar-refractivity contribution < 1.29 is 32.7 Å². The van der Waals surface area contributed by atoms with Crippen LogP contribution in [-0.2, 0) is 36.3 Å². The molecule has 2 N–H and O–H groups in total. The molecule has 0 spiro atoms. The van der Waals surface area contributed by atoms with Gasteiger partial charge in [0.25, 0.3) is 0 Å². The average molecular weight is 408 g/mol. The van der Waals surface area contributed by atoms with Gasteiger partial charge in [0.05, 0.1) is 0 Å². The lowest BCUT2D eigenvalue weighted by Crippen LogP contribution is -2.27. The van der Waals surface area contributed by atoms with Gasteiger partial charge in [-0.3, -0.25) is 24.2 Å². The molecule has 0 atom stereocenters. The molecule has 0 radical (unpaired) electrons. The molecule has 10 heteroatoms. The Morgan fingerprint density at radius 1 is 0.714 bits per heavy atom. The summed E-state index contributed by atoms with van der Waals surface area (Å²) in [5, 5.41) is 4.54. The minimum Gasteiger partial charge on any atom is -0.445 e. The lowest BCUT2D eigenvalue weighted by molar-refractivity contribution is 0.122. The van der Waals surface area contributed by atoms with Crippen LogP contribution in [0.3, 0.4) is 0 Å². The largest absolute Gasteiger partial charge is 0.445 e. The normalized spacial score (nSPS) is 10.3. The fourth-order valence-electron chi connectivity index (χ4n) is 1.90. The number of amides is 2. The SMILES string of the molecule is O=C(NCO[PH](=O)OCNC(=O)OCc1ccccc1)OCc1ccccc1. The van der Waals surface area contributed by atoms with E-state index in [1.54, 1.807) is 0 Å². The van der Waals surface area contributed by atoms with Gasteiger partial charge < -0.3 is 9.47 Å². The van der Waals surface area contributed by atoms with E-state index in [1.807, 2.05) is 60.7 Å². The Kier molecular flexibility index (Phi) is 9.57. The van der Waals surface area contributed by atoms with Crippen molar-refractivity contribution in [2.45, 2.75) is 13.2 Å². The van der Waals surface area contributed by atoms with E-state index in [1.165, 1.54) is 0 Å². The summed E-state index contributed by atoms with van der Waals surface area (Å²) in [6, 6.07) is 18.3. The van der Waals surface area contributed by atoms with Crippen LogP contribution in [0.1, 0.15) is 11.1 Å². The topological polar surface area (TPSA) is 112 Å². The molecular formula is C18H21N2O7P. The van der Waals surface area contributed by atoms with Crippen molar-refractivity contribution in [1.29, 1.82) is 0 Å². The van der Waals surface area contributed by atoms with Gasteiger partial charge in [0.2, 0.25) is 0 Å². The standard InChI is InChI=1S/C18H21N2O7P/c21-17(24-11-15-7-3-1-4-8-15)19-13-26-28(23)27-14-20-18(22)25-12-16-9-5-2-6-10-16/h1-10,28H,11-14H2,(H,19,21)(H,20,22). The van der Waals surface area contributed by atoms with E-state index in [0.29, 0.717) is 0 Å². The maximum absolute atomic E-state index is 11.5. The van der Waals surface area contributed by atoms with Crippen LogP contribution in [0.2, 0.25) is 0 Å². The molecule has 28 heavy (non-hydrogen) atoms. The van der Waals surface area contributed by atoms with Crippen molar-refractivity contribution >= 4 is 20.4 Å². The van der Waals surface area contributed by atoms with Gasteiger partial charge >= 0.3 is 20.4 Å². The number of hydrogen-bond acceptors (Lipinski definition) is 7. The van der Waals surface area contributed by atoms with Gasteiger partial charge in [-0.1, -0.05) is 60.7 Å². The summed E-state index contributed by atoms with van der Waals surface area (Å²) >= 11 is 0. The molecule has 2 amide bonds. The van der Waals surface area contributed by atoms with E-state index in [2.05, 4.69) is 10.6 Å². The molecule has 0 fully saturated rings. The molecule has 2 aromatic carbocycles. The summed E-state index contributed by atoms with van der Waals surface area (Å²) in [7, 11) is -2.90. The predicted molar refractivity (Wildman–Crippen MR) is 100 cm³/mol. The summed E-state index contributed by atoms with van der Waals surface area (Å²) < 4.78 is 31.0. The molecule has 0 heterocycles. The molecule has 0 saturated heterocycles. The van der Waals surface area contributed by atoms with Gasteiger partial charge in [-0.05, 0) is 11.1 Å². The first-order chi connectivity index (χ1) is 13.6. The Labute approximate surface area is 162 Å². The first-order valence-electron chi connectivity index (χ1n) is 8.32. The van der Waals surface area contributed by atoms with Crippen LogP contribution in [-0.4, -0.2) is 25.6 Å². The average Bonchev–Trinajstić information content (AvgIpc) is 2.72. The Morgan fingerprint density at radius 3 is 1.50 bits per heavy atom. The van der Waals surface area contributed by atoms with Crippen molar-refractivity contribution in [1.82, 2.24) is 10.6 Å². The minimum absolute atomic E-state index is 0.105. The summed E-state index contributed by atoms with van der Waals surface area (Å²) in [5.41, 5.74) is 1.67. The van der Waals surface area contributed by atoms with Gasteiger partial charge in [0.15, 0.2) is 0 Å². The minimum atomic E-state index is -2.90. The van der Waals surface area contributed by atoms with Gasteiger partial charge in [-0.15, -0.1) is 0 Å². The van der Waals surface area contributed by atoms with E-state index < -0.39 is 20.4 Å². The third-order valence-electron chi connectivity index (χ3n) is 3.24. The lowest BCUT2D eigenvalue weighted by Gasteiger charge is -2.09. The molecule has 0 aliphatic rings. The Bertz CT molecular complexity index is 696. The zero-order chi connectivity index (χ0) is 20.0. The fraction of sp³-hybridized carbons (Fsp3) is 0.222. The highest BCUT2D eigenvalue weighted by molar-refractivity contribution is 7.33. The van der Waals surface area contributed by atoms with E-state index in [0.717, 1.165) is 11.1 Å². The molecular weight excluding hydrogens is 387 g/mol. The Hall–Kier alpha value is -2.87. The van der Waals surface area contributed by atoms with E-state index >= 15 is 0 Å². The highest BCUT2D eigenvalue weighted by atomic mass is 31.1. The van der Waals surface area contributed by atoms with Crippen LogP contribution in [0.5, 0.6) is 0 Å². The van der Waals surface area contributed by atoms with Crippen LogP contribution in [0.25, 0.3) is 0 Å². The summed E-state index contributed by atoms with van der Waals surface area (Å²) in [5.74, 6) is 0. The second kappa shape index (κ2) is 12.5. The molecule has 0 aliphatic carbocycles. The number of hydrogen-bond donors (Lipinski definition) is 2. The predicted octanol–water partition coefficient (Wildman–Crippen LogP) is 3.18. The van der Waals surface area contributed by atoms with Crippen molar-refractivity contribution in [3.8, 4) is 0 Å². The van der Waals surface area contributed by atoms with Crippen molar-refractivity contribution in [2.75, 3.05) is 13.5 Å². The second-order valence-corrected chi connectivity index (χ2v) is 6.38. The van der Waals surface area contributed by atoms with Crippen LogP contribution >= 0.6 is 8.25 Å². The molecule has 0 unspecified atom stereocenters. The zero-order valence-corrected chi connectivity index (χ0v) is 16.0. The summed E-state index contributed by atoms with van der Waals surface area (Å²) in [6.45, 7) is -0.505. The van der Waals surface area contributed by atoms with Crippen LogP contribution < -0.4 is 10.6 Å². The number of rotatable bonds is 10. The monoisotopic (exact) mass is 408 g/mol. The molecule has 0 aromatic heterocycles. The Balaban J connectivity index is 1.49. The quantitative estimate of drug-likeness (QED) is 0.459. The molecule has 0 saturated carbocycles. The molecule has 0 bridgehead atoms. The van der Waals surface area contributed by atoms with E-state index in [9.17, 15) is 14.2 Å². The number of carbonyl (C=O) groups excluding carboxylic acids is 2. The fourth-order valence-corrected chi connectivity index (χ4v) is 2.36. The third kappa shape index (κ3) is 9.18. The van der Waals surface area contributed by atoms with Crippen molar-refractivity contribution in [3.63, 3.8) is 0 Å². The zero-order valence-electron chi connectivity index (χ0n) is 15.0. The molecule has 2 aromatic rings. The van der Waals surface area contributed by atoms with Gasteiger partial charge in [-0.2, -0.15) is 0 Å². The van der Waals surface area contributed by atoms with Gasteiger partial charge in [-0.25, -0.2) is 9.59 Å². The highest BCUT2D eigenvalue weighted by Crippen LogP contribution is 2.21. The lowest BCUT2D eigenvalue weighted by atomic mass is 10.2. The first-order valence-corrected chi connectivity index (χ1v) is 9.54. The maximum atomic E-state index is 11.5. The van der Waals surface area contributed by atoms with Crippen molar-refractivity contribution in [3.05, 3.63) is 71.8 Å². The number of benzene rings is 2. The summed E-state index contributed by atoms with van der Waals surface area (Å²) in [6.07, 6.45) is -1.44. The van der Waals surface area contributed by atoms with Crippen molar-refractivity contribution in [2.24, 2.45) is 0 Å². The third-order valence-corrected chi connectivity index (χ3v) is 4.00. The highest BCUT2D eigenvalue weighted by Gasteiger charge is 2.06. The number of nitrogens with one attached hydrogen (secondary N) is 2. The summed E-state index contributed by atoms with van der Waals surface area (Å²) in [4.78, 5) is 22.9. The van der Waals surface area contributed by atoms with Crippen LogP contribution in [0, 0.1) is 0 Å². The smallest absolute Gasteiger partial charge is 0.409 e. The van der Waals surface area contributed by atoms with Gasteiger partial charge in [0.1, 0.15) is 26.7 Å². The number of carbonyl (C=O) groups is 2. The molecule has 9 nitrogen and oxygen atoms in total. The van der Waals surface area contributed by atoms with Crippen LogP contribution in [0.4, 0.5) is 9.59 Å². The molecule has 0 aliphatic heterocycles. The number of ether oxygens (including phenoxy) is 2. The maximum Gasteiger partial charge on any atom is 0.409 e. The van der Waals surface area contributed by atoms with E-state index in [-0.39, 0.29) is 26.7 Å². The van der Waals surface area contributed by atoms with E-state index in [4.69, 9.17) is 18.5 Å².